The van der Waals surface area contributed by atoms with E-state index in [4.69, 9.17) is 4.98 Å². The lowest BCUT2D eigenvalue weighted by Crippen LogP contribution is -1.94. The van der Waals surface area contributed by atoms with E-state index in [-0.39, 0.29) is 0 Å². The highest BCUT2D eigenvalue weighted by molar-refractivity contribution is 5.72. The van der Waals surface area contributed by atoms with Crippen molar-refractivity contribution >= 4 is 0 Å². The third-order valence-electron chi connectivity index (χ3n) is 3.56. The van der Waals surface area contributed by atoms with Crippen LogP contribution >= 0.6 is 0 Å². The Morgan fingerprint density at radius 3 is 1.71 bits per heavy atom. The van der Waals surface area contributed by atoms with E-state index in [1.54, 1.807) is 18.6 Å². The van der Waals surface area contributed by atoms with Crippen LogP contribution in [0.1, 0.15) is 0 Å². The molecule has 4 aromatic heterocycles. The Balaban J connectivity index is 1.92. The molecular formula is C19H13N5. The van der Waals surface area contributed by atoms with Gasteiger partial charge in [-0.25, -0.2) is 15.0 Å². The Hall–Kier alpha value is -3.47. The summed E-state index contributed by atoms with van der Waals surface area (Å²) in [5, 5.41) is 0. The minimum Gasteiger partial charge on any atom is -0.255 e. The summed E-state index contributed by atoms with van der Waals surface area (Å²) >= 11 is 0. The van der Waals surface area contributed by atoms with Gasteiger partial charge in [0.1, 0.15) is 6.33 Å². The summed E-state index contributed by atoms with van der Waals surface area (Å²) in [6.45, 7) is 0. The molecule has 4 rings (SSSR count). The lowest BCUT2D eigenvalue weighted by molar-refractivity contribution is 1.16. The first-order valence-electron chi connectivity index (χ1n) is 7.51. The maximum atomic E-state index is 4.73. The summed E-state index contributed by atoms with van der Waals surface area (Å²) in [5.41, 5.74) is 4.98. The van der Waals surface area contributed by atoms with E-state index in [9.17, 15) is 0 Å². The number of hydrogen-bond donors (Lipinski definition) is 0. The lowest BCUT2D eigenvalue weighted by atomic mass is 10.1. The molecule has 0 bridgehead atoms. The van der Waals surface area contributed by atoms with Gasteiger partial charge in [-0.2, -0.15) is 0 Å². The molecule has 0 N–H and O–H groups in total. The maximum Gasteiger partial charge on any atom is 0.116 e. The van der Waals surface area contributed by atoms with Gasteiger partial charge in [-0.05, 0) is 42.5 Å². The minimum absolute atomic E-state index is 0.785. The molecule has 0 fully saturated rings. The van der Waals surface area contributed by atoms with Gasteiger partial charge in [-0.1, -0.05) is 12.1 Å². The van der Waals surface area contributed by atoms with Crippen LogP contribution < -0.4 is 0 Å². The maximum absolute atomic E-state index is 4.73. The highest BCUT2D eigenvalue weighted by atomic mass is 14.8. The number of nitrogens with zero attached hydrogens (tertiary/aromatic N) is 5. The molecule has 114 valence electrons. The molecule has 0 aliphatic heterocycles. The van der Waals surface area contributed by atoms with Gasteiger partial charge in [0.2, 0.25) is 0 Å². The molecule has 0 saturated carbocycles. The normalized spacial score (nSPS) is 10.5. The van der Waals surface area contributed by atoms with Crippen LogP contribution in [0.25, 0.3) is 34.0 Å². The van der Waals surface area contributed by atoms with Crippen LogP contribution in [0.4, 0.5) is 0 Å². The molecule has 0 atom stereocenters. The van der Waals surface area contributed by atoms with Crippen molar-refractivity contribution in [1.29, 1.82) is 0 Å². The van der Waals surface area contributed by atoms with Crippen molar-refractivity contribution in [2.24, 2.45) is 0 Å². The van der Waals surface area contributed by atoms with Crippen LogP contribution in [0.2, 0.25) is 0 Å². The zero-order valence-corrected chi connectivity index (χ0v) is 12.7. The van der Waals surface area contributed by atoms with Crippen molar-refractivity contribution in [3.05, 3.63) is 79.5 Å². The molecule has 0 aromatic carbocycles. The minimum atomic E-state index is 0.785. The first-order chi connectivity index (χ1) is 11.9. The van der Waals surface area contributed by atoms with Crippen LogP contribution in [0, 0.1) is 0 Å². The van der Waals surface area contributed by atoms with Crippen LogP contribution in [-0.4, -0.2) is 24.9 Å². The van der Waals surface area contributed by atoms with Gasteiger partial charge in [0.15, 0.2) is 0 Å². The third kappa shape index (κ3) is 2.87. The number of aromatic nitrogens is 5. The first-order valence-corrected chi connectivity index (χ1v) is 7.51. The van der Waals surface area contributed by atoms with Crippen molar-refractivity contribution in [3.8, 4) is 34.0 Å². The van der Waals surface area contributed by atoms with Gasteiger partial charge in [0.05, 0.1) is 28.5 Å². The van der Waals surface area contributed by atoms with Gasteiger partial charge in [-0.15, -0.1) is 0 Å². The molecule has 0 saturated heterocycles. The highest BCUT2D eigenvalue weighted by Gasteiger charge is 2.10. The Labute approximate surface area is 139 Å². The molecule has 5 nitrogen and oxygen atoms in total. The smallest absolute Gasteiger partial charge is 0.116 e. The molecular weight excluding hydrogens is 298 g/mol. The van der Waals surface area contributed by atoms with Gasteiger partial charge >= 0.3 is 0 Å². The topological polar surface area (TPSA) is 64.5 Å². The van der Waals surface area contributed by atoms with E-state index >= 15 is 0 Å². The van der Waals surface area contributed by atoms with E-state index in [1.807, 2.05) is 54.6 Å². The van der Waals surface area contributed by atoms with Crippen molar-refractivity contribution in [3.63, 3.8) is 0 Å². The summed E-state index contributed by atoms with van der Waals surface area (Å²) in [6, 6.07) is 17.4. The first kappa shape index (κ1) is 14.1. The van der Waals surface area contributed by atoms with Crippen molar-refractivity contribution in [2.45, 2.75) is 0 Å². The Morgan fingerprint density at radius 2 is 1.21 bits per heavy atom. The van der Waals surface area contributed by atoms with Crippen molar-refractivity contribution in [1.82, 2.24) is 24.9 Å². The summed E-state index contributed by atoms with van der Waals surface area (Å²) in [6.07, 6.45) is 6.78. The second-order valence-corrected chi connectivity index (χ2v) is 5.15. The van der Waals surface area contributed by atoms with Gasteiger partial charge < -0.3 is 0 Å². The van der Waals surface area contributed by atoms with Crippen molar-refractivity contribution < 1.29 is 0 Å². The molecule has 0 unspecified atom stereocenters. The van der Waals surface area contributed by atoms with Crippen LogP contribution in [0.15, 0.2) is 79.5 Å². The largest absolute Gasteiger partial charge is 0.255 e. The monoisotopic (exact) mass is 311 g/mol. The van der Waals surface area contributed by atoms with Gasteiger partial charge in [0.25, 0.3) is 0 Å². The SMILES string of the molecule is c1ccc(-c2cc(-c3ccncn3)cc(-c3ccccn3)n2)nc1. The molecule has 0 radical (unpaired) electrons. The fourth-order valence-electron chi connectivity index (χ4n) is 2.43. The van der Waals surface area contributed by atoms with E-state index in [0.717, 1.165) is 34.0 Å². The number of pyridine rings is 3. The van der Waals surface area contributed by atoms with E-state index < -0.39 is 0 Å². The quantitative estimate of drug-likeness (QED) is 0.577. The summed E-state index contributed by atoms with van der Waals surface area (Å²) in [5.74, 6) is 0. The fraction of sp³-hybridized carbons (Fsp3) is 0. The predicted molar refractivity (Wildman–Crippen MR) is 91.7 cm³/mol. The highest BCUT2D eigenvalue weighted by Crippen LogP contribution is 2.27. The van der Waals surface area contributed by atoms with Crippen LogP contribution in [0.3, 0.4) is 0 Å². The van der Waals surface area contributed by atoms with Crippen LogP contribution in [-0.2, 0) is 0 Å². The average molecular weight is 311 g/mol. The molecule has 4 aromatic rings. The number of rotatable bonds is 3. The third-order valence-corrected chi connectivity index (χ3v) is 3.56. The summed E-state index contributed by atoms with van der Waals surface area (Å²) < 4.78 is 0. The molecule has 24 heavy (non-hydrogen) atoms. The Kier molecular flexibility index (Phi) is 3.73. The van der Waals surface area contributed by atoms with E-state index in [0.29, 0.717) is 0 Å². The molecule has 0 aliphatic carbocycles. The van der Waals surface area contributed by atoms with E-state index in [1.165, 1.54) is 6.33 Å². The average Bonchev–Trinajstić information content (AvgIpc) is 2.70. The molecule has 0 amide bonds. The van der Waals surface area contributed by atoms with Gasteiger partial charge in [-0.3, -0.25) is 9.97 Å². The summed E-state index contributed by atoms with van der Waals surface area (Å²) in [4.78, 5) is 21.9. The lowest BCUT2D eigenvalue weighted by Gasteiger charge is -2.08. The van der Waals surface area contributed by atoms with Crippen LogP contribution in [0.5, 0.6) is 0 Å². The zero-order chi connectivity index (χ0) is 16.2. The molecule has 0 aliphatic rings. The second kappa shape index (κ2) is 6.34. The Morgan fingerprint density at radius 1 is 0.542 bits per heavy atom. The Bertz CT molecular complexity index is 801. The van der Waals surface area contributed by atoms with Gasteiger partial charge in [0, 0.05) is 24.2 Å². The summed E-state index contributed by atoms with van der Waals surface area (Å²) in [7, 11) is 0. The molecule has 0 spiro atoms. The fourth-order valence-corrected chi connectivity index (χ4v) is 2.43. The molecule has 4 heterocycles. The molecule has 5 heteroatoms. The zero-order valence-electron chi connectivity index (χ0n) is 12.7. The number of hydrogen-bond acceptors (Lipinski definition) is 5. The standard InChI is InChI=1S/C19H13N5/c1-3-8-21-16(5-1)18-11-14(15-7-10-20-13-23-15)12-19(24-18)17-6-2-4-9-22-17/h1-13H. The van der Waals surface area contributed by atoms with Crippen molar-refractivity contribution in [2.75, 3.05) is 0 Å². The second-order valence-electron chi connectivity index (χ2n) is 5.15. The van der Waals surface area contributed by atoms with E-state index in [2.05, 4.69) is 19.9 Å². The predicted octanol–water partition coefficient (Wildman–Crippen LogP) is 3.66.